The molecule has 2 aliphatic rings. The largest absolute Gasteiger partial charge is 0.494 e. The van der Waals surface area contributed by atoms with Crippen LogP contribution in [0.2, 0.25) is 0 Å². The molecule has 1 aromatic heterocycles. The number of allylic oxidation sites excluding steroid dienone is 5. The van der Waals surface area contributed by atoms with E-state index in [-0.39, 0.29) is 11.9 Å². The molecule has 3 rings (SSSR count). The molecule has 0 amide bonds. The number of rotatable bonds is 10. The van der Waals surface area contributed by atoms with Crippen molar-refractivity contribution in [3.05, 3.63) is 65.7 Å². The predicted octanol–water partition coefficient (Wildman–Crippen LogP) is 4.69. The summed E-state index contributed by atoms with van der Waals surface area (Å²) in [5, 5.41) is 2.96. The second-order valence-electron chi connectivity index (χ2n) is 8.84. The number of piperidine rings is 1. The fourth-order valence-corrected chi connectivity index (χ4v) is 4.35. The van der Waals surface area contributed by atoms with Crippen LogP contribution in [0.15, 0.2) is 65.7 Å². The van der Waals surface area contributed by atoms with Gasteiger partial charge < -0.3 is 29.5 Å². The van der Waals surface area contributed by atoms with Crippen LogP contribution in [0, 0.1) is 0 Å². The summed E-state index contributed by atoms with van der Waals surface area (Å²) < 4.78 is 35.4. The zero-order valence-electron chi connectivity index (χ0n) is 21.3. The third-order valence-electron chi connectivity index (χ3n) is 6.32. The Morgan fingerprint density at radius 2 is 2.00 bits per heavy atom. The van der Waals surface area contributed by atoms with Gasteiger partial charge in [-0.2, -0.15) is 8.78 Å². The summed E-state index contributed by atoms with van der Waals surface area (Å²) in [7, 11) is 5.79. The zero-order chi connectivity index (χ0) is 25.4. The van der Waals surface area contributed by atoms with E-state index < -0.39 is 6.61 Å². The number of ether oxygens (including phenoxy) is 2. The van der Waals surface area contributed by atoms with Gasteiger partial charge in [0.25, 0.3) is 0 Å². The van der Waals surface area contributed by atoms with Crippen molar-refractivity contribution in [1.29, 1.82) is 0 Å². The molecule has 1 fully saturated rings. The van der Waals surface area contributed by atoms with Gasteiger partial charge in [0.05, 0.1) is 19.9 Å². The summed E-state index contributed by atoms with van der Waals surface area (Å²) in [6.07, 6.45) is 14.1. The molecule has 35 heavy (non-hydrogen) atoms. The fraction of sp³-hybridized carbons (Fsp3) is 0.500. The van der Waals surface area contributed by atoms with Gasteiger partial charge in [-0.3, -0.25) is 4.98 Å². The van der Waals surface area contributed by atoms with Crippen LogP contribution in [-0.4, -0.2) is 68.3 Å². The predicted molar refractivity (Wildman–Crippen MR) is 135 cm³/mol. The number of pyridine rings is 1. The lowest BCUT2D eigenvalue weighted by Gasteiger charge is -2.43. The number of alkyl halides is 2. The number of nitrogens with zero attached hydrogens (tertiary/aromatic N) is 4. The molecule has 1 saturated heterocycles. The van der Waals surface area contributed by atoms with Crippen LogP contribution in [0.3, 0.4) is 0 Å². The van der Waals surface area contributed by atoms with Crippen LogP contribution in [0.4, 0.5) is 14.5 Å². The summed E-state index contributed by atoms with van der Waals surface area (Å²) >= 11 is 0. The van der Waals surface area contributed by atoms with Crippen molar-refractivity contribution >= 4 is 5.69 Å². The van der Waals surface area contributed by atoms with Crippen LogP contribution in [0.25, 0.3) is 0 Å². The maximum Gasteiger partial charge on any atom is 0.388 e. The number of likely N-dealkylation sites (tertiary alicyclic amines) is 1. The van der Waals surface area contributed by atoms with Crippen molar-refractivity contribution in [3.8, 4) is 5.75 Å². The van der Waals surface area contributed by atoms with Gasteiger partial charge in [-0.15, -0.1) is 0 Å². The molecule has 192 valence electrons. The van der Waals surface area contributed by atoms with Gasteiger partial charge >= 0.3 is 6.61 Å². The lowest BCUT2D eigenvalue weighted by atomic mass is 10.0. The van der Waals surface area contributed by atoms with Crippen molar-refractivity contribution in [2.75, 3.05) is 45.7 Å². The first-order valence-electron chi connectivity index (χ1n) is 12.0. The Bertz CT molecular complexity index is 966. The molecular weight excluding hydrogens is 452 g/mol. The molecule has 1 N–H and O–H groups in total. The standard InChI is InChI=1S/C26H37F2N5O2/c1-6-19(2)7-10-25(31(3)4)32-15-12-20(13-16-32)33(22-18-29-14-11-23(22)34-5)21-8-9-24(30-17-21)35-26(27)28/h7-11,14,18,20,26,30H,6,12-13,15-17H2,1-5H3/b19-7?,25-10+. The molecule has 0 aliphatic carbocycles. The molecule has 2 aliphatic heterocycles. The van der Waals surface area contributed by atoms with Gasteiger partial charge in [0.15, 0.2) is 5.88 Å². The van der Waals surface area contributed by atoms with E-state index in [1.54, 1.807) is 25.6 Å². The highest BCUT2D eigenvalue weighted by molar-refractivity contribution is 5.62. The molecule has 0 aromatic carbocycles. The monoisotopic (exact) mass is 489 g/mol. The summed E-state index contributed by atoms with van der Waals surface area (Å²) in [4.78, 5) is 11.1. The second kappa shape index (κ2) is 12.5. The zero-order valence-corrected chi connectivity index (χ0v) is 21.3. The van der Waals surface area contributed by atoms with Crippen molar-refractivity contribution in [2.45, 2.75) is 45.8 Å². The van der Waals surface area contributed by atoms with E-state index in [9.17, 15) is 8.78 Å². The lowest BCUT2D eigenvalue weighted by Crippen LogP contribution is -2.47. The molecule has 0 saturated carbocycles. The van der Waals surface area contributed by atoms with Crippen molar-refractivity contribution in [3.63, 3.8) is 0 Å². The Balaban J connectivity index is 1.85. The Morgan fingerprint density at radius 1 is 1.26 bits per heavy atom. The second-order valence-corrected chi connectivity index (χ2v) is 8.84. The summed E-state index contributed by atoms with van der Waals surface area (Å²) in [6, 6.07) is 2.03. The number of methoxy groups -OCH3 is 1. The van der Waals surface area contributed by atoms with Crippen molar-refractivity contribution < 1.29 is 18.3 Å². The molecular formula is C26H37F2N5O2. The highest BCUT2D eigenvalue weighted by Gasteiger charge is 2.31. The van der Waals surface area contributed by atoms with Gasteiger partial charge in [-0.05, 0) is 44.4 Å². The van der Waals surface area contributed by atoms with Crippen molar-refractivity contribution in [1.82, 2.24) is 20.1 Å². The third-order valence-corrected chi connectivity index (χ3v) is 6.32. The number of hydrogen-bond donors (Lipinski definition) is 1. The first-order valence-corrected chi connectivity index (χ1v) is 12.0. The molecule has 0 spiro atoms. The molecule has 0 atom stereocenters. The Kier molecular flexibility index (Phi) is 9.39. The van der Waals surface area contributed by atoms with Crippen LogP contribution in [0.5, 0.6) is 5.75 Å². The van der Waals surface area contributed by atoms with Gasteiger partial charge in [0, 0.05) is 51.2 Å². The minimum atomic E-state index is -2.86. The van der Waals surface area contributed by atoms with E-state index >= 15 is 0 Å². The van der Waals surface area contributed by atoms with E-state index in [2.05, 4.69) is 69.8 Å². The molecule has 1 aromatic rings. The van der Waals surface area contributed by atoms with Gasteiger partial charge in [-0.25, -0.2) is 0 Å². The summed E-state index contributed by atoms with van der Waals surface area (Å²) in [5.41, 5.74) is 3.15. The van der Waals surface area contributed by atoms with Gasteiger partial charge in [0.1, 0.15) is 17.3 Å². The molecule has 0 radical (unpaired) electrons. The van der Waals surface area contributed by atoms with E-state index in [1.165, 1.54) is 11.4 Å². The van der Waals surface area contributed by atoms with E-state index in [0.717, 1.165) is 49.5 Å². The van der Waals surface area contributed by atoms with Gasteiger partial charge in [0.2, 0.25) is 0 Å². The quantitative estimate of drug-likeness (QED) is 0.479. The molecule has 3 heterocycles. The maximum absolute atomic E-state index is 12.6. The highest BCUT2D eigenvalue weighted by atomic mass is 19.3. The number of halogens is 2. The topological polar surface area (TPSA) is 53.1 Å². The summed E-state index contributed by atoms with van der Waals surface area (Å²) in [6.45, 7) is 3.59. The fourth-order valence-electron chi connectivity index (χ4n) is 4.35. The molecule has 7 nitrogen and oxygen atoms in total. The smallest absolute Gasteiger partial charge is 0.388 e. The molecule has 0 bridgehead atoms. The first-order chi connectivity index (χ1) is 16.8. The third kappa shape index (κ3) is 6.90. The Morgan fingerprint density at radius 3 is 2.57 bits per heavy atom. The minimum absolute atomic E-state index is 0.0628. The lowest BCUT2D eigenvalue weighted by molar-refractivity contribution is -0.101. The number of anilines is 1. The van der Waals surface area contributed by atoms with Crippen LogP contribution in [0.1, 0.15) is 33.1 Å². The number of dihydropyridines is 1. The normalized spacial score (nSPS) is 17.5. The average Bonchev–Trinajstić information content (AvgIpc) is 2.85. The number of nitrogens with one attached hydrogen (secondary N) is 1. The maximum atomic E-state index is 12.6. The van der Waals surface area contributed by atoms with Crippen LogP contribution in [-0.2, 0) is 4.74 Å². The Hall–Kier alpha value is -3.23. The highest BCUT2D eigenvalue weighted by Crippen LogP contribution is 2.35. The first kappa shape index (κ1) is 26.4. The van der Waals surface area contributed by atoms with Crippen molar-refractivity contribution in [2.24, 2.45) is 0 Å². The van der Waals surface area contributed by atoms with E-state index in [4.69, 9.17) is 4.74 Å². The average molecular weight is 490 g/mol. The molecule has 0 unspecified atom stereocenters. The summed E-state index contributed by atoms with van der Waals surface area (Å²) in [5.74, 6) is 1.97. The SMILES string of the molecule is CCC(C)=C/C=C(\N(C)C)N1CCC(N(C2=CC=C(OC(F)F)NC2)c2cnccc2OC)CC1. The van der Waals surface area contributed by atoms with Crippen LogP contribution < -0.4 is 15.0 Å². The Labute approximate surface area is 207 Å². The number of hydrogen-bond acceptors (Lipinski definition) is 7. The van der Waals surface area contributed by atoms with E-state index in [0.29, 0.717) is 6.54 Å². The number of aromatic nitrogens is 1. The van der Waals surface area contributed by atoms with E-state index in [1.807, 2.05) is 12.1 Å². The van der Waals surface area contributed by atoms with Crippen LogP contribution >= 0.6 is 0 Å². The molecule has 9 heteroatoms. The van der Waals surface area contributed by atoms with Gasteiger partial charge in [-0.1, -0.05) is 18.6 Å². The minimum Gasteiger partial charge on any atom is -0.494 e.